The maximum Gasteiger partial charge on any atom is 0.339 e. The number of halogens is 1. The average molecular weight is 458 g/mol. The van der Waals surface area contributed by atoms with Crippen LogP contribution in [0.4, 0.5) is 4.39 Å². The van der Waals surface area contributed by atoms with Crippen LogP contribution in [0.15, 0.2) is 24.3 Å². The molecule has 1 saturated heterocycles. The molecule has 1 aliphatic heterocycles. The Hall–Kier alpha value is -3.49. The van der Waals surface area contributed by atoms with Crippen LogP contribution in [-0.2, 0) is 14.3 Å². The van der Waals surface area contributed by atoms with Crippen molar-refractivity contribution < 1.29 is 33.0 Å². The van der Waals surface area contributed by atoms with E-state index in [1.54, 1.807) is 18.7 Å². The van der Waals surface area contributed by atoms with Crippen molar-refractivity contribution >= 4 is 23.6 Å². The molecule has 1 N–H and O–H groups in total. The van der Waals surface area contributed by atoms with E-state index in [0.29, 0.717) is 42.8 Å². The van der Waals surface area contributed by atoms with Gasteiger partial charge in [-0.15, -0.1) is 0 Å². The highest BCUT2D eigenvalue weighted by molar-refractivity contribution is 6.04. The number of nitrogens with one attached hydrogen (secondary N) is 1. The van der Waals surface area contributed by atoms with Gasteiger partial charge in [-0.2, -0.15) is 0 Å². The number of amides is 1. The molecule has 176 valence electrons. The van der Waals surface area contributed by atoms with Crippen LogP contribution < -0.4 is 0 Å². The van der Waals surface area contributed by atoms with Crippen molar-refractivity contribution in [3.8, 4) is 0 Å². The molecule has 0 radical (unpaired) electrons. The minimum atomic E-state index is -1.04. The lowest BCUT2D eigenvalue weighted by molar-refractivity contribution is -0.152. The molecule has 0 saturated carbocycles. The maximum absolute atomic E-state index is 13.1. The SMILES string of the molecule is COC(=O)c1c(C)[nH]c(C(=O)C(C)OC(=O)C2CCN(C(=O)c3ccc(F)cc3)CC2)c1C. The number of carbonyl (C=O) groups excluding carboxylic acids is 4. The number of methoxy groups -OCH3 is 1. The lowest BCUT2D eigenvalue weighted by Crippen LogP contribution is -2.41. The minimum Gasteiger partial charge on any atom is -0.465 e. The number of ether oxygens (including phenoxy) is 2. The number of nitrogens with zero attached hydrogens (tertiary/aromatic N) is 1. The van der Waals surface area contributed by atoms with Gasteiger partial charge in [-0.25, -0.2) is 9.18 Å². The zero-order chi connectivity index (χ0) is 24.3. The molecule has 0 bridgehead atoms. The predicted octanol–water partition coefficient (Wildman–Crippen LogP) is 3.22. The van der Waals surface area contributed by atoms with Gasteiger partial charge in [0.1, 0.15) is 5.82 Å². The number of esters is 2. The van der Waals surface area contributed by atoms with E-state index >= 15 is 0 Å². The lowest BCUT2D eigenvalue weighted by Gasteiger charge is -2.31. The molecule has 1 aromatic carbocycles. The normalized spacial score (nSPS) is 15.1. The second-order valence-electron chi connectivity index (χ2n) is 8.13. The zero-order valence-electron chi connectivity index (χ0n) is 19.1. The molecule has 0 aliphatic carbocycles. The minimum absolute atomic E-state index is 0.202. The number of likely N-dealkylation sites (tertiary alicyclic amines) is 1. The Balaban J connectivity index is 1.57. The fourth-order valence-electron chi connectivity index (χ4n) is 4.03. The van der Waals surface area contributed by atoms with Crippen LogP contribution in [0.2, 0.25) is 0 Å². The molecule has 1 atom stereocenters. The largest absolute Gasteiger partial charge is 0.465 e. The van der Waals surface area contributed by atoms with Crippen molar-refractivity contribution in [1.29, 1.82) is 0 Å². The molecule has 1 unspecified atom stereocenters. The van der Waals surface area contributed by atoms with Gasteiger partial charge in [0, 0.05) is 24.3 Å². The Kier molecular flexibility index (Phi) is 7.30. The average Bonchev–Trinajstić information content (AvgIpc) is 3.11. The summed E-state index contributed by atoms with van der Waals surface area (Å²) in [6.07, 6.45) is -0.238. The number of carbonyl (C=O) groups is 4. The highest BCUT2D eigenvalue weighted by atomic mass is 19.1. The quantitative estimate of drug-likeness (QED) is 0.526. The summed E-state index contributed by atoms with van der Waals surface area (Å²) in [7, 11) is 1.26. The smallest absolute Gasteiger partial charge is 0.339 e. The predicted molar refractivity (Wildman–Crippen MR) is 117 cm³/mol. The number of hydrogen-bond donors (Lipinski definition) is 1. The molecule has 1 amide bonds. The van der Waals surface area contributed by atoms with Crippen LogP contribution in [0.3, 0.4) is 0 Å². The number of benzene rings is 1. The van der Waals surface area contributed by atoms with Gasteiger partial charge in [-0.1, -0.05) is 0 Å². The van der Waals surface area contributed by atoms with Crippen molar-refractivity contribution in [1.82, 2.24) is 9.88 Å². The van der Waals surface area contributed by atoms with Crippen molar-refractivity contribution in [3.63, 3.8) is 0 Å². The third-order valence-corrected chi connectivity index (χ3v) is 5.94. The topological polar surface area (TPSA) is 106 Å². The molecule has 1 aliphatic rings. The van der Waals surface area contributed by atoms with Crippen molar-refractivity contribution in [2.45, 2.75) is 39.7 Å². The number of rotatable bonds is 6. The zero-order valence-corrected chi connectivity index (χ0v) is 19.1. The van der Waals surface area contributed by atoms with E-state index in [4.69, 9.17) is 9.47 Å². The van der Waals surface area contributed by atoms with Gasteiger partial charge in [-0.3, -0.25) is 14.4 Å². The van der Waals surface area contributed by atoms with Gasteiger partial charge >= 0.3 is 11.9 Å². The fourth-order valence-corrected chi connectivity index (χ4v) is 4.03. The summed E-state index contributed by atoms with van der Waals surface area (Å²) >= 11 is 0. The monoisotopic (exact) mass is 458 g/mol. The third-order valence-electron chi connectivity index (χ3n) is 5.94. The summed E-state index contributed by atoms with van der Waals surface area (Å²) in [6.45, 7) is 5.49. The van der Waals surface area contributed by atoms with Crippen LogP contribution in [0.5, 0.6) is 0 Å². The lowest BCUT2D eigenvalue weighted by atomic mass is 9.96. The van der Waals surface area contributed by atoms with Crippen molar-refractivity contribution in [2.75, 3.05) is 20.2 Å². The first-order chi connectivity index (χ1) is 15.6. The Labute approximate surface area is 191 Å². The Bertz CT molecular complexity index is 1070. The van der Waals surface area contributed by atoms with Crippen molar-refractivity contribution in [2.24, 2.45) is 5.92 Å². The van der Waals surface area contributed by atoms with Gasteiger partial charge in [0.25, 0.3) is 5.91 Å². The Morgan fingerprint density at radius 1 is 1.09 bits per heavy atom. The van der Waals surface area contributed by atoms with E-state index in [2.05, 4.69) is 4.98 Å². The molecule has 3 rings (SSSR count). The number of aryl methyl sites for hydroxylation is 1. The summed E-state index contributed by atoms with van der Waals surface area (Å²) < 4.78 is 23.2. The number of hydrogen-bond acceptors (Lipinski definition) is 6. The van der Waals surface area contributed by atoms with Crippen LogP contribution in [-0.4, -0.2) is 59.8 Å². The van der Waals surface area contributed by atoms with Crippen LogP contribution >= 0.6 is 0 Å². The van der Waals surface area contributed by atoms with E-state index in [-0.39, 0.29) is 17.2 Å². The molecular formula is C24H27FN2O6. The molecule has 9 heteroatoms. The molecule has 1 aromatic heterocycles. The second kappa shape index (κ2) is 9.97. The fraction of sp³-hybridized carbons (Fsp3) is 0.417. The van der Waals surface area contributed by atoms with Gasteiger partial charge in [-0.05, 0) is 63.4 Å². The summed E-state index contributed by atoms with van der Waals surface area (Å²) in [5.41, 5.74) is 1.82. The Morgan fingerprint density at radius 3 is 2.27 bits per heavy atom. The first-order valence-corrected chi connectivity index (χ1v) is 10.7. The number of Topliss-reactive ketones (excluding diaryl/α,β-unsaturated/α-hetero) is 1. The van der Waals surface area contributed by atoms with E-state index in [0.717, 1.165) is 0 Å². The first-order valence-electron chi connectivity index (χ1n) is 10.7. The van der Waals surface area contributed by atoms with Gasteiger partial charge in [0.05, 0.1) is 24.3 Å². The molecule has 33 heavy (non-hydrogen) atoms. The van der Waals surface area contributed by atoms with E-state index in [1.165, 1.54) is 38.3 Å². The summed E-state index contributed by atoms with van der Waals surface area (Å²) in [5, 5.41) is 0. The van der Waals surface area contributed by atoms with E-state index in [1.807, 2.05) is 0 Å². The second-order valence-corrected chi connectivity index (χ2v) is 8.13. The number of ketones is 1. The maximum atomic E-state index is 13.1. The molecule has 2 heterocycles. The standard InChI is InChI=1S/C24H27FN2O6/c1-13-19(24(31)32-4)14(2)26-20(13)21(28)15(3)33-23(30)17-9-11-27(12-10-17)22(29)16-5-7-18(25)8-6-16/h5-8,15,17,26H,9-12H2,1-4H3. The van der Waals surface area contributed by atoms with Crippen LogP contribution in [0.25, 0.3) is 0 Å². The summed E-state index contributed by atoms with van der Waals surface area (Å²) in [6, 6.07) is 5.33. The third kappa shape index (κ3) is 5.13. The molecular weight excluding hydrogens is 431 g/mol. The first kappa shape index (κ1) is 24.2. The molecule has 0 spiro atoms. The van der Waals surface area contributed by atoms with Crippen molar-refractivity contribution in [3.05, 3.63) is 58.2 Å². The highest BCUT2D eigenvalue weighted by Gasteiger charge is 2.32. The molecule has 2 aromatic rings. The molecule has 1 fully saturated rings. The van der Waals surface area contributed by atoms with Crippen LogP contribution in [0, 0.1) is 25.6 Å². The number of aromatic nitrogens is 1. The number of H-pyrrole nitrogens is 1. The summed E-state index contributed by atoms with van der Waals surface area (Å²) in [4.78, 5) is 54.5. The van der Waals surface area contributed by atoms with E-state index < -0.39 is 35.6 Å². The van der Waals surface area contributed by atoms with Gasteiger partial charge in [0.15, 0.2) is 6.10 Å². The highest BCUT2D eigenvalue weighted by Crippen LogP contribution is 2.24. The summed E-state index contributed by atoms with van der Waals surface area (Å²) in [5.74, 6) is -2.56. The van der Waals surface area contributed by atoms with Crippen LogP contribution in [0.1, 0.15) is 62.2 Å². The van der Waals surface area contributed by atoms with Gasteiger partial charge < -0.3 is 19.4 Å². The number of aromatic amines is 1. The molecule has 8 nitrogen and oxygen atoms in total. The van der Waals surface area contributed by atoms with Gasteiger partial charge in [0.2, 0.25) is 5.78 Å². The number of piperidine rings is 1. The van der Waals surface area contributed by atoms with E-state index in [9.17, 15) is 23.6 Å². The Morgan fingerprint density at radius 2 is 1.70 bits per heavy atom.